The number of carbonyl (C=O) groups is 1. The van der Waals surface area contributed by atoms with Gasteiger partial charge in [0.1, 0.15) is 11.1 Å². The number of nitrogen functional groups attached to an aromatic ring is 1. The lowest BCUT2D eigenvalue weighted by atomic mass is 9.91. The summed E-state index contributed by atoms with van der Waals surface area (Å²) in [6.45, 7) is 5.56. The number of imidazole rings is 1. The number of halogens is 1. The number of anilines is 1. The summed E-state index contributed by atoms with van der Waals surface area (Å²) in [7, 11) is 0. The smallest absolute Gasteiger partial charge is 0.407 e. The van der Waals surface area contributed by atoms with E-state index in [4.69, 9.17) is 22.1 Å². The first-order valence-corrected chi connectivity index (χ1v) is 8.76. The number of nitrogens with one attached hydrogen (secondary N) is 1. The van der Waals surface area contributed by atoms with Gasteiger partial charge in [-0.05, 0) is 58.1 Å². The van der Waals surface area contributed by atoms with Gasteiger partial charge in [-0.15, -0.1) is 0 Å². The largest absolute Gasteiger partial charge is 0.444 e. The van der Waals surface area contributed by atoms with Crippen molar-refractivity contribution in [3.63, 3.8) is 0 Å². The normalized spacial score (nSPS) is 21.3. The summed E-state index contributed by atoms with van der Waals surface area (Å²) >= 11 is 5.92. The lowest BCUT2D eigenvalue weighted by Crippen LogP contribution is -2.41. The number of carbonyl (C=O) groups excluding carboxylic acids is 1. The Kier molecular flexibility index (Phi) is 4.73. The molecule has 1 aliphatic rings. The Morgan fingerprint density at radius 3 is 2.64 bits per heavy atom. The van der Waals surface area contributed by atoms with Gasteiger partial charge in [0.15, 0.2) is 11.5 Å². The molecule has 0 atom stereocenters. The summed E-state index contributed by atoms with van der Waals surface area (Å²) in [5.74, 6) is 0.286. The number of nitrogens with zero attached hydrogens (tertiary/aromatic N) is 4. The fourth-order valence-electron chi connectivity index (χ4n) is 3.15. The number of rotatable bonds is 2. The van der Waals surface area contributed by atoms with Gasteiger partial charge < -0.3 is 20.4 Å². The fraction of sp³-hybridized carbons (Fsp3) is 0.625. The third-order valence-electron chi connectivity index (χ3n) is 4.23. The first kappa shape index (κ1) is 17.7. The van der Waals surface area contributed by atoms with Crippen LogP contribution < -0.4 is 11.1 Å². The van der Waals surface area contributed by atoms with Gasteiger partial charge in [-0.2, -0.15) is 9.97 Å². The van der Waals surface area contributed by atoms with E-state index < -0.39 is 5.60 Å². The summed E-state index contributed by atoms with van der Waals surface area (Å²) < 4.78 is 7.32. The Bertz CT molecular complexity index is 777. The lowest BCUT2D eigenvalue weighted by Gasteiger charge is -2.30. The summed E-state index contributed by atoms with van der Waals surface area (Å²) in [5.41, 5.74) is 6.59. The number of amides is 1. The number of ether oxygens (including phenoxy) is 1. The molecule has 1 aliphatic carbocycles. The van der Waals surface area contributed by atoms with Crippen molar-refractivity contribution in [3.05, 3.63) is 11.6 Å². The molecule has 136 valence electrons. The van der Waals surface area contributed by atoms with E-state index in [9.17, 15) is 4.79 Å². The second-order valence-electron chi connectivity index (χ2n) is 7.35. The number of nitrogens with two attached hydrogens (primary N) is 1. The summed E-state index contributed by atoms with van der Waals surface area (Å²) in [4.78, 5) is 24.4. The summed E-state index contributed by atoms with van der Waals surface area (Å²) in [6, 6.07) is 0.358. The van der Waals surface area contributed by atoms with Gasteiger partial charge in [0.25, 0.3) is 0 Å². The van der Waals surface area contributed by atoms with Gasteiger partial charge in [0.2, 0.25) is 5.28 Å². The number of fused-ring (bicyclic) bond motifs is 1. The maximum absolute atomic E-state index is 11.9. The van der Waals surface area contributed by atoms with E-state index in [1.54, 1.807) is 6.33 Å². The Morgan fingerprint density at radius 2 is 2.00 bits per heavy atom. The molecule has 0 aliphatic heterocycles. The molecule has 0 aromatic carbocycles. The quantitative estimate of drug-likeness (QED) is 0.791. The van der Waals surface area contributed by atoms with Crippen molar-refractivity contribution in [1.29, 1.82) is 0 Å². The van der Waals surface area contributed by atoms with Crippen molar-refractivity contribution in [3.8, 4) is 0 Å². The summed E-state index contributed by atoms with van der Waals surface area (Å²) in [6.07, 6.45) is 4.88. The Morgan fingerprint density at radius 1 is 1.32 bits per heavy atom. The van der Waals surface area contributed by atoms with Crippen molar-refractivity contribution < 1.29 is 9.53 Å². The van der Waals surface area contributed by atoms with Gasteiger partial charge in [-0.1, -0.05) is 0 Å². The molecule has 2 aromatic rings. The van der Waals surface area contributed by atoms with Crippen LogP contribution in [0.15, 0.2) is 6.33 Å². The fourth-order valence-corrected chi connectivity index (χ4v) is 3.32. The van der Waals surface area contributed by atoms with Gasteiger partial charge in [0.05, 0.1) is 6.33 Å². The monoisotopic (exact) mass is 366 g/mol. The Balaban J connectivity index is 1.64. The molecule has 0 spiro atoms. The SMILES string of the molecule is CC(C)(C)OC(=O)NC1CCC(n2cnc3c(N)nc(Cl)nc32)CC1. The van der Waals surface area contributed by atoms with Gasteiger partial charge in [-0.3, -0.25) is 0 Å². The zero-order chi connectivity index (χ0) is 18.2. The second-order valence-corrected chi connectivity index (χ2v) is 7.69. The molecule has 1 saturated carbocycles. The second kappa shape index (κ2) is 6.67. The molecule has 3 rings (SSSR count). The van der Waals surface area contributed by atoms with Gasteiger partial charge in [-0.25, -0.2) is 9.78 Å². The average Bonchev–Trinajstić information content (AvgIpc) is 2.90. The zero-order valence-electron chi connectivity index (χ0n) is 14.6. The van der Waals surface area contributed by atoms with Crippen LogP contribution in [0.4, 0.5) is 10.6 Å². The number of hydrogen-bond donors (Lipinski definition) is 2. The number of hydrogen-bond acceptors (Lipinski definition) is 6. The van der Waals surface area contributed by atoms with Crippen molar-refractivity contribution in [2.45, 2.75) is 64.1 Å². The van der Waals surface area contributed by atoms with Crippen LogP contribution in [0, 0.1) is 0 Å². The van der Waals surface area contributed by atoms with E-state index in [1.807, 2.05) is 25.3 Å². The van der Waals surface area contributed by atoms with E-state index >= 15 is 0 Å². The molecule has 1 fully saturated rings. The lowest BCUT2D eigenvalue weighted by molar-refractivity contribution is 0.0488. The van der Waals surface area contributed by atoms with Crippen LogP contribution in [-0.4, -0.2) is 37.3 Å². The highest BCUT2D eigenvalue weighted by atomic mass is 35.5. The summed E-state index contributed by atoms with van der Waals surface area (Å²) in [5, 5.41) is 3.06. The van der Waals surface area contributed by atoms with E-state index in [0.29, 0.717) is 11.2 Å². The standard InChI is InChI=1S/C16H23ClN6O2/c1-16(2,3)25-15(24)20-9-4-6-10(7-5-9)23-8-19-11-12(18)21-14(17)22-13(11)23/h8-10H,4-7H2,1-3H3,(H,20,24)(H2,18,21,22). The van der Waals surface area contributed by atoms with E-state index in [2.05, 4.69) is 20.3 Å². The van der Waals surface area contributed by atoms with Crippen LogP contribution in [0.2, 0.25) is 5.28 Å². The molecule has 2 aromatic heterocycles. The molecule has 1 amide bonds. The van der Waals surface area contributed by atoms with Crippen LogP contribution in [-0.2, 0) is 4.74 Å². The van der Waals surface area contributed by atoms with E-state index in [-0.39, 0.29) is 29.3 Å². The molecular formula is C16H23ClN6O2. The van der Waals surface area contributed by atoms with Crippen LogP contribution in [0.1, 0.15) is 52.5 Å². The number of alkyl carbamates (subject to hydrolysis) is 1. The molecule has 0 bridgehead atoms. The predicted molar refractivity (Wildman–Crippen MR) is 95.4 cm³/mol. The van der Waals surface area contributed by atoms with Crippen molar-refractivity contribution in [2.24, 2.45) is 0 Å². The first-order valence-electron chi connectivity index (χ1n) is 8.38. The van der Waals surface area contributed by atoms with E-state index in [0.717, 1.165) is 25.7 Å². The van der Waals surface area contributed by atoms with Crippen molar-refractivity contribution in [2.75, 3.05) is 5.73 Å². The molecule has 8 nitrogen and oxygen atoms in total. The predicted octanol–water partition coefficient (Wildman–Crippen LogP) is 3.07. The van der Waals surface area contributed by atoms with Gasteiger partial charge >= 0.3 is 6.09 Å². The molecule has 0 radical (unpaired) electrons. The highest BCUT2D eigenvalue weighted by molar-refractivity contribution is 6.28. The molecule has 25 heavy (non-hydrogen) atoms. The third kappa shape index (κ3) is 4.12. The van der Waals surface area contributed by atoms with E-state index in [1.165, 1.54) is 0 Å². The average molecular weight is 367 g/mol. The Hall–Kier alpha value is -2.09. The maximum atomic E-state index is 11.9. The molecular weight excluding hydrogens is 344 g/mol. The highest BCUT2D eigenvalue weighted by Gasteiger charge is 2.27. The Labute approximate surface area is 151 Å². The molecule has 9 heteroatoms. The maximum Gasteiger partial charge on any atom is 0.407 e. The third-order valence-corrected chi connectivity index (χ3v) is 4.40. The zero-order valence-corrected chi connectivity index (χ0v) is 15.4. The molecule has 3 N–H and O–H groups in total. The van der Waals surface area contributed by atoms with Crippen LogP contribution in [0.3, 0.4) is 0 Å². The topological polar surface area (TPSA) is 108 Å². The van der Waals surface area contributed by atoms with Crippen molar-refractivity contribution >= 4 is 34.7 Å². The van der Waals surface area contributed by atoms with Crippen LogP contribution in [0.5, 0.6) is 0 Å². The van der Waals surface area contributed by atoms with Crippen molar-refractivity contribution in [1.82, 2.24) is 24.8 Å². The minimum Gasteiger partial charge on any atom is -0.444 e. The van der Waals surface area contributed by atoms with Gasteiger partial charge in [0, 0.05) is 12.1 Å². The minimum atomic E-state index is -0.490. The highest BCUT2D eigenvalue weighted by Crippen LogP contribution is 2.31. The molecule has 0 unspecified atom stereocenters. The first-order chi connectivity index (χ1) is 11.7. The number of aromatic nitrogens is 4. The molecule has 2 heterocycles. The molecule has 0 saturated heterocycles. The van der Waals surface area contributed by atoms with Crippen LogP contribution in [0.25, 0.3) is 11.2 Å². The van der Waals surface area contributed by atoms with Crippen LogP contribution >= 0.6 is 11.6 Å². The minimum absolute atomic E-state index is 0.115.